The molecule has 0 aliphatic heterocycles. The number of halogens is 1. The van der Waals surface area contributed by atoms with Gasteiger partial charge in [0, 0.05) is 10.3 Å². The SMILES string of the molecule is COc1ccc([C@H](N)c2cccs2)c2ccccc12.Cl. The molecule has 0 aliphatic rings. The van der Waals surface area contributed by atoms with Gasteiger partial charge in [-0.1, -0.05) is 36.4 Å². The van der Waals surface area contributed by atoms with Crippen LogP contribution in [0.15, 0.2) is 53.9 Å². The van der Waals surface area contributed by atoms with Crippen molar-refractivity contribution in [2.45, 2.75) is 6.04 Å². The molecule has 4 heteroatoms. The zero-order chi connectivity index (χ0) is 13.2. The van der Waals surface area contributed by atoms with Crippen molar-refractivity contribution < 1.29 is 4.74 Å². The van der Waals surface area contributed by atoms with Gasteiger partial charge >= 0.3 is 0 Å². The summed E-state index contributed by atoms with van der Waals surface area (Å²) in [7, 11) is 1.70. The Morgan fingerprint density at radius 3 is 2.40 bits per heavy atom. The average Bonchev–Trinajstić information content (AvgIpc) is 2.99. The molecule has 2 N–H and O–H groups in total. The maximum absolute atomic E-state index is 6.39. The van der Waals surface area contributed by atoms with Crippen LogP contribution < -0.4 is 10.5 Å². The summed E-state index contributed by atoms with van der Waals surface area (Å²) in [6.45, 7) is 0. The fourth-order valence-corrected chi connectivity index (χ4v) is 3.11. The van der Waals surface area contributed by atoms with E-state index >= 15 is 0 Å². The second-order valence-corrected chi connectivity index (χ2v) is 5.37. The van der Waals surface area contributed by atoms with Crippen LogP contribution in [-0.2, 0) is 0 Å². The molecule has 0 aliphatic carbocycles. The second kappa shape index (κ2) is 6.27. The van der Waals surface area contributed by atoms with Crippen molar-refractivity contribution in [3.63, 3.8) is 0 Å². The standard InChI is InChI=1S/C16H15NOS.ClH/c1-18-14-9-8-13(11-5-2-3-6-12(11)14)16(17)15-7-4-10-19-15;/h2-10,16H,17H2,1H3;1H/t16-;/m0./s1. The van der Waals surface area contributed by atoms with Gasteiger partial charge in [0.05, 0.1) is 13.2 Å². The summed E-state index contributed by atoms with van der Waals surface area (Å²) < 4.78 is 5.41. The maximum atomic E-state index is 6.39. The molecule has 0 bridgehead atoms. The number of ether oxygens (including phenoxy) is 1. The highest BCUT2D eigenvalue weighted by molar-refractivity contribution is 7.10. The first-order chi connectivity index (χ1) is 9.31. The molecule has 1 aromatic heterocycles. The summed E-state index contributed by atoms with van der Waals surface area (Å²) in [5.74, 6) is 0.887. The Labute approximate surface area is 128 Å². The van der Waals surface area contributed by atoms with E-state index < -0.39 is 0 Å². The highest BCUT2D eigenvalue weighted by atomic mass is 35.5. The van der Waals surface area contributed by atoms with Crippen molar-refractivity contribution in [3.05, 3.63) is 64.4 Å². The smallest absolute Gasteiger partial charge is 0.126 e. The van der Waals surface area contributed by atoms with Crippen molar-refractivity contribution in [1.82, 2.24) is 0 Å². The van der Waals surface area contributed by atoms with Crippen molar-refractivity contribution in [3.8, 4) is 5.75 Å². The first-order valence-corrected chi connectivity index (χ1v) is 7.04. The minimum absolute atomic E-state index is 0. The van der Waals surface area contributed by atoms with E-state index in [9.17, 15) is 0 Å². The molecule has 0 fully saturated rings. The molecule has 3 aromatic rings. The lowest BCUT2D eigenvalue weighted by Gasteiger charge is -2.15. The third-order valence-corrected chi connectivity index (χ3v) is 4.28. The largest absolute Gasteiger partial charge is 0.496 e. The molecule has 0 unspecified atom stereocenters. The van der Waals surface area contributed by atoms with Gasteiger partial charge in [0.2, 0.25) is 0 Å². The van der Waals surface area contributed by atoms with E-state index in [1.54, 1.807) is 18.4 Å². The Bertz CT molecular complexity index is 697. The fraction of sp³-hybridized carbons (Fsp3) is 0.125. The third kappa shape index (κ3) is 2.52. The van der Waals surface area contributed by atoms with Gasteiger partial charge < -0.3 is 10.5 Å². The quantitative estimate of drug-likeness (QED) is 0.779. The summed E-state index contributed by atoms with van der Waals surface area (Å²) in [6.07, 6.45) is 0. The number of hydrogen-bond acceptors (Lipinski definition) is 3. The van der Waals surface area contributed by atoms with Crippen molar-refractivity contribution in [2.24, 2.45) is 5.73 Å². The molecule has 0 saturated heterocycles. The predicted molar refractivity (Wildman–Crippen MR) is 88.1 cm³/mol. The van der Waals surface area contributed by atoms with E-state index in [0.717, 1.165) is 22.1 Å². The normalized spacial score (nSPS) is 11.9. The minimum atomic E-state index is -0.0872. The van der Waals surface area contributed by atoms with Gasteiger partial charge in [-0.05, 0) is 28.5 Å². The summed E-state index contributed by atoms with van der Waals surface area (Å²) >= 11 is 1.69. The van der Waals surface area contributed by atoms with Gasteiger partial charge in [-0.15, -0.1) is 23.7 Å². The van der Waals surface area contributed by atoms with Crippen molar-refractivity contribution in [2.75, 3.05) is 7.11 Å². The Morgan fingerprint density at radius 2 is 1.75 bits per heavy atom. The number of thiophene rings is 1. The molecule has 2 aromatic carbocycles. The lowest BCUT2D eigenvalue weighted by atomic mass is 9.97. The number of fused-ring (bicyclic) bond motifs is 1. The average molecular weight is 306 g/mol. The van der Waals surface area contributed by atoms with Gasteiger partial charge in [0.15, 0.2) is 0 Å². The van der Waals surface area contributed by atoms with Gasteiger partial charge in [0.25, 0.3) is 0 Å². The molecular formula is C16H16ClNOS. The minimum Gasteiger partial charge on any atom is -0.496 e. The summed E-state index contributed by atoms with van der Waals surface area (Å²) in [4.78, 5) is 1.18. The Morgan fingerprint density at radius 1 is 1.00 bits per heavy atom. The number of methoxy groups -OCH3 is 1. The monoisotopic (exact) mass is 305 g/mol. The molecule has 0 spiro atoms. The molecule has 20 heavy (non-hydrogen) atoms. The van der Waals surface area contributed by atoms with E-state index in [1.807, 2.05) is 24.3 Å². The molecule has 2 nitrogen and oxygen atoms in total. The second-order valence-electron chi connectivity index (χ2n) is 4.40. The van der Waals surface area contributed by atoms with Crippen molar-refractivity contribution in [1.29, 1.82) is 0 Å². The number of nitrogens with two attached hydrogens (primary N) is 1. The molecular weight excluding hydrogens is 290 g/mol. The topological polar surface area (TPSA) is 35.2 Å². The highest BCUT2D eigenvalue weighted by Crippen LogP contribution is 2.34. The van der Waals surface area contributed by atoms with Gasteiger partial charge in [0.1, 0.15) is 5.75 Å². The van der Waals surface area contributed by atoms with Crippen molar-refractivity contribution >= 4 is 34.5 Å². The van der Waals surface area contributed by atoms with Gasteiger partial charge in [-0.25, -0.2) is 0 Å². The zero-order valence-electron chi connectivity index (χ0n) is 11.1. The molecule has 3 rings (SSSR count). The Balaban J connectivity index is 0.00000147. The van der Waals surface area contributed by atoms with Crippen LogP contribution in [0.4, 0.5) is 0 Å². The van der Waals surface area contributed by atoms with E-state index in [1.165, 1.54) is 4.88 Å². The predicted octanol–water partition coefficient (Wildman–Crippen LogP) is 4.38. The van der Waals surface area contributed by atoms with Gasteiger partial charge in [-0.2, -0.15) is 0 Å². The van der Waals surface area contributed by atoms with E-state index in [2.05, 4.69) is 29.6 Å². The first-order valence-electron chi connectivity index (χ1n) is 6.16. The summed E-state index contributed by atoms with van der Waals surface area (Å²) in [5.41, 5.74) is 7.53. The van der Waals surface area contributed by atoms with Crippen LogP contribution in [0.2, 0.25) is 0 Å². The molecule has 104 valence electrons. The molecule has 0 saturated carbocycles. The third-order valence-electron chi connectivity index (χ3n) is 3.32. The summed E-state index contributed by atoms with van der Waals surface area (Å²) in [5, 5.41) is 4.32. The fourth-order valence-electron chi connectivity index (χ4n) is 2.37. The Hall–Kier alpha value is -1.55. The number of rotatable bonds is 3. The molecule has 1 atom stereocenters. The van der Waals surface area contributed by atoms with Crippen LogP contribution in [0.1, 0.15) is 16.5 Å². The van der Waals surface area contributed by atoms with E-state index in [4.69, 9.17) is 10.5 Å². The number of benzene rings is 2. The van der Waals surface area contributed by atoms with Gasteiger partial charge in [-0.3, -0.25) is 0 Å². The molecule has 1 heterocycles. The molecule has 0 amide bonds. The van der Waals surface area contributed by atoms with Crippen LogP contribution in [0.5, 0.6) is 5.75 Å². The van der Waals surface area contributed by atoms with E-state index in [0.29, 0.717) is 0 Å². The lowest BCUT2D eigenvalue weighted by Crippen LogP contribution is -2.10. The number of hydrogen-bond donors (Lipinski definition) is 1. The zero-order valence-corrected chi connectivity index (χ0v) is 12.7. The lowest BCUT2D eigenvalue weighted by molar-refractivity contribution is 0.419. The van der Waals surface area contributed by atoms with Crippen LogP contribution in [0.3, 0.4) is 0 Å². The maximum Gasteiger partial charge on any atom is 0.126 e. The van der Waals surface area contributed by atoms with E-state index in [-0.39, 0.29) is 18.4 Å². The Kier molecular flexibility index (Phi) is 4.65. The highest BCUT2D eigenvalue weighted by Gasteiger charge is 2.14. The first kappa shape index (κ1) is 14.9. The molecule has 0 radical (unpaired) electrons. The van der Waals surface area contributed by atoms with Crippen LogP contribution in [-0.4, -0.2) is 7.11 Å². The van der Waals surface area contributed by atoms with Crippen LogP contribution >= 0.6 is 23.7 Å². The summed E-state index contributed by atoms with van der Waals surface area (Å²) in [6, 6.07) is 16.3. The van der Waals surface area contributed by atoms with Crippen LogP contribution in [0.25, 0.3) is 10.8 Å². The van der Waals surface area contributed by atoms with Crippen LogP contribution in [0, 0.1) is 0 Å².